The van der Waals surface area contributed by atoms with Crippen LogP contribution in [0.2, 0.25) is 0 Å². The van der Waals surface area contributed by atoms with E-state index in [0.29, 0.717) is 24.2 Å². The third-order valence-corrected chi connectivity index (χ3v) is 7.24. The topological polar surface area (TPSA) is 104 Å². The van der Waals surface area contributed by atoms with Gasteiger partial charge in [-0.25, -0.2) is 8.42 Å². The minimum absolute atomic E-state index is 0.0136. The Labute approximate surface area is 217 Å². The molecule has 7 heteroatoms. The number of amides is 1. The van der Waals surface area contributed by atoms with Crippen LogP contribution in [0.4, 0.5) is 0 Å². The summed E-state index contributed by atoms with van der Waals surface area (Å²) in [5, 5.41) is 7.72. The highest BCUT2D eigenvalue weighted by Crippen LogP contribution is 2.27. The smallest absolute Gasteiger partial charge is 0.227 e. The molecule has 188 valence electrons. The van der Waals surface area contributed by atoms with Gasteiger partial charge in [0, 0.05) is 30.5 Å². The summed E-state index contributed by atoms with van der Waals surface area (Å²) in [5.74, 6) is -0.0540. The van der Waals surface area contributed by atoms with E-state index in [2.05, 4.69) is 0 Å². The van der Waals surface area contributed by atoms with E-state index in [1.54, 1.807) is 29.2 Å². The van der Waals surface area contributed by atoms with E-state index in [-0.39, 0.29) is 23.1 Å². The van der Waals surface area contributed by atoms with Crippen LogP contribution in [0.3, 0.4) is 0 Å². The summed E-state index contributed by atoms with van der Waals surface area (Å²) >= 11 is 0. The summed E-state index contributed by atoms with van der Waals surface area (Å²) in [4.78, 5) is 15.5. The summed E-state index contributed by atoms with van der Waals surface area (Å²) in [7, 11) is -3.37. The lowest BCUT2D eigenvalue weighted by Crippen LogP contribution is -2.31. The minimum atomic E-state index is -3.37. The third-order valence-electron chi connectivity index (χ3n) is 6.09. The van der Waals surface area contributed by atoms with Crippen molar-refractivity contribution in [1.29, 1.82) is 5.41 Å². The van der Waals surface area contributed by atoms with E-state index in [9.17, 15) is 13.2 Å². The number of hydrogen-bond donors (Lipinski definition) is 2. The average molecular weight is 512 g/mol. The van der Waals surface area contributed by atoms with Crippen molar-refractivity contribution < 1.29 is 13.2 Å². The van der Waals surface area contributed by atoms with E-state index < -0.39 is 9.84 Å². The number of nitrogens with one attached hydrogen (secondary N) is 1. The van der Waals surface area contributed by atoms with E-state index >= 15 is 0 Å². The molecule has 0 aliphatic carbocycles. The van der Waals surface area contributed by atoms with Crippen LogP contribution in [-0.2, 0) is 34.1 Å². The second-order valence-corrected chi connectivity index (χ2v) is 11.0. The number of sulfone groups is 1. The molecule has 0 aliphatic heterocycles. The van der Waals surface area contributed by atoms with Crippen molar-refractivity contribution >= 4 is 21.6 Å². The van der Waals surface area contributed by atoms with Gasteiger partial charge in [-0.05, 0) is 34.4 Å². The zero-order chi connectivity index (χ0) is 26.4. The molecule has 0 aliphatic rings. The van der Waals surface area contributed by atoms with Gasteiger partial charge in [-0.3, -0.25) is 10.2 Å². The standard InChI is InChI=1S/C30H29N3O3S/c1-37(35,36)28-13-6-5-12-27(28)25-16-14-22(15-17-25)19-29(34)33(20-23-8-3-2-4-9-23)21-24-10-7-11-26(18-24)30(31)32/h2-18H,19-21H2,1H3,(H3,31,32). The van der Waals surface area contributed by atoms with Crippen molar-refractivity contribution in [2.24, 2.45) is 5.73 Å². The number of benzene rings is 4. The predicted octanol–water partition coefficient (Wildman–Crippen LogP) is 4.81. The number of carbonyl (C=O) groups is 1. The van der Waals surface area contributed by atoms with Gasteiger partial charge in [0.05, 0.1) is 11.3 Å². The minimum Gasteiger partial charge on any atom is -0.384 e. The van der Waals surface area contributed by atoms with Crippen LogP contribution in [0.25, 0.3) is 11.1 Å². The lowest BCUT2D eigenvalue weighted by molar-refractivity contribution is -0.131. The first kappa shape index (κ1) is 25.9. The molecule has 0 fully saturated rings. The highest BCUT2D eigenvalue weighted by atomic mass is 32.2. The predicted molar refractivity (Wildman–Crippen MR) is 147 cm³/mol. The van der Waals surface area contributed by atoms with E-state index in [4.69, 9.17) is 11.1 Å². The maximum Gasteiger partial charge on any atom is 0.227 e. The van der Waals surface area contributed by atoms with Gasteiger partial charge in [-0.15, -0.1) is 0 Å². The quantitative estimate of drug-likeness (QED) is 0.248. The first-order valence-corrected chi connectivity index (χ1v) is 13.7. The van der Waals surface area contributed by atoms with Crippen LogP contribution in [0.1, 0.15) is 22.3 Å². The van der Waals surface area contributed by atoms with Crippen LogP contribution in [0.15, 0.2) is 108 Å². The number of hydrogen-bond acceptors (Lipinski definition) is 4. The Bertz CT molecular complexity index is 1520. The summed E-state index contributed by atoms with van der Waals surface area (Å²) in [6.45, 7) is 0.832. The molecule has 0 aromatic heterocycles. The number of nitrogen functional groups attached to an aromatic ring is 1. The van der Waals surface area contributed by atoms with Crippen molar-refractivity contribution in [2.45, 2.75) is 24.4 Å². The molecule has 4 aromatic carbocycles. The van der Waals surface area contributed by atoms with Crippen LogP contribution in [-0.4, -0.2) is 31.3 Å². The number of rotatable bonds is 9. The zero-order valence-electron chi connectivity index (χ0n) is 20.6. The number of carbonyl (C=O) groups excluding carboxylic acids is 1. The van der Waals surface area contributed by atoms with Gasteiger partial charge in [0.15, 0.2) is 9.84 Å². The number of amidine groups is 1. The Kier molecular flexibility index (Phi) is 7.84. The second kappa shape index (κ2) is 11.2. The Morgan fingerprint density at radius 1 is 0.784 bits per heavy atom. The summed E-state index contributed by atoms with van der Waals surface area (Å²) in [5.41, 5.74) is 10.4. The lowest BCUT2D eigenvalue weighted by Gasteiger charge is -2.24. The molecule has 3 N–H and O–H groups in total. The lowest BCUT2D eigenvalue weighted by atomic mass is 10.0. The fourth-order valence-electron chi connectivity index (χ4n) is 4.21. The van der Waals surface area contributed by atoms with Crippen LogP contribution >= 0.6 is 0 Å². The van der Waals surface area contributed by atoms with Crippen molar-refractivity contribution in [3.05, 3.63) is 125 Å². The van der Waals surface area contributed by atoms with Gasteiger partial charge >= 0.3 is 0 Å². The van der Waals surface area contributed by atoms with Gasteiger partial charge in [-0.2, -0.15) is 0 Å². The van der Waals surface area contributed by atoms with Crippen molar-refractivity contribution in [3.63, 3.8) is 0 Å². The van der Waals surface area contributed by atoms with Gasteiger partial charge in [-0.1, -0.05) is 91.0 Å². The normalized spacial score (nSPS) is 11.2. The fourth-order valence-corrected chi connectivity index (χ4v) is 5.12. The molecule has 4 rings (SSSR count). The molecule has 0 bridgehead atoms. The average Bonchev–Trinajstić information content (AvgIpc) is 2.89. The monoisotopic (exact) mass is 511 g/mol. The first-order chi connectivity index (χ1) is 17.7. The van der Waals surface area contributed by atoms with E-state index in [1.807, 2.05) is 78.9 Å². The highest BCUT2D eigenvalue weighted by molar-refractivity contribution is 7.90. The molecule has 0 saturated heterocycles. The zero-order valence-corrected chi connectivity index (χ0v) is 21.4. The summed E-state index contributed by atoms with van der Waals surface area (Å²) in [6, 6.07) is 31.5. The van der Waals surface area contributed by atoms with Gasteiger partial charge in [0.25, 0.3) is 0 Å². The molecule has 0 heterocycles. The van der Waals surface area contributed by atoms with Gasteiger partial charge < -0.3 is 10.6 Å². The van der Waals surface area contributed by atoms with E-state index in [1.165, 1.54) is 6.26 Å². The summed E-state index contributed by atoms with van der Waals surface area (Å²) in [6.07, 6.45) is 1.40. The molecule has 0 saturated carbocycles. The Morgan fingerprint density at radius 3 is 2.08 bits per heavy atom. The Hall–Kier alpha value is -4.23. The maximum absolute atomic E-state index is 13.5. The van der Waals surface area contributed by atoms with Crippen molar-refractivity contribution in [3.8, 4) is 11.1 Å². The first-order valence-electron chi connectivity index (χ1n) is 11.8. The van der Waals surface area contributed by atoms with Gasteiger partial charge in [0.2, 0.25) is 5.91 Å². The molecular weight excluding hydrogens is 482 g/mol. The number of nitrogens with two attached hydrogens (primary N) is 1. The molecular formula is C30H29N3O3S. The molecule has 0 radical (unpaired) electrons. The molecule has 0 atom stereocenters. The molecule has 6 nitrogen and oxygen atoms in total. The van der Waals surface area contributed by atoms with Crippen LogP contribution in [0, 0.1) is 5.41 Å². The summed E-state index contributed by atoms with van der Waals surface area (Å²) < 4.78 is 24.4. The van der Waals surface area contributed by atoms with Gasteiger partial charge in [0.1, 0.15) is 5.84 Å². The molecule has 0 spiro atoms. The highest BCUT2D eigenvalue weighted by Gasteiger charge is 2.17. The molecule has 37 heavy (non-hydrogen) atoms. The Morgan fingerprint density at radius 2 is 1.41 bits per heavy atom. The third kappa shape index (κ3) is 6.71. The molecule has 0 unspecified atom stereocenters. The second-order valence-electron chi connectivity index (χ2n) is 8.99. The SMILES string of the molecule is CS(=O)(=O)c1ccccc1-c1ccc(CC(=O)N(Cc2ccccc2)Cc2cccc(C(=N)N)c2)cc1. The van der Waals surface area contributed by atoms with Crippen molar-refractivity contribution in [2.75, 3.05) is 6.26 Å². The number of nitrogens with zero attached hydrogens (tertiary/aromatic N) is 1. The fraction of sp³-hybridized carbons (Fsp3) is 0.133. The largest absolute Gasteiger partial charge is 0.384 e. The van der Waals surface area contributed by atoms with E-state index in [0.717, 1.165) is 22.3 Å². The van der Waals surface area contributed by atoms with Crippen molar-refractivity contribution in [1.82, 2.24) is 4.90 Å². The molecule has 1 amide bonds. The van der Waals surface area contributed by atoms with Crippen LogP contribution in [0.5, 0.6) is 0 Å². The Balaban J connectivity index is 1.56. The maximum atomic E-state index is 13.5. The molecule has 4 aromatic rings. The van der Waals surface area contributed by atoms with Crippen LogP contribution < -0.4 is 5.73 Å².